The summed E-state index contributed by atoms with van der Waals surface area (Å²) in [6, 6.07) is 11.1. The van der Waals surface area contributed by atoms with Crippen LogP contribution in [0.2, 0.25) is 10.0 Å². The molecule has 0 radical (unpaired) electrons. The zero-order chi connectivity index (χ0) is 15.7. The SMILES string of the molecule is CCOc1cc(Cl)c2c(c1)CN(Cc1ccc(Cl)cc1)C2=O. The van der Waals surface area contributed by atoms with Gasteiger partial charge in [0.1, 0.15) is 5.75 Å². The molecule has 0 aliphatic carbocycles. The van der Waals surface area contributed by atoms with Crippen molar-refractivity contribution in [1.29, 1.82) is 0 Å². The molecule has 0 aromatic heterocycles. The molecule has 0 fully saturated rings. The lowest BCUT2D eigenvalue weighted by molar-refractivity contribution is 0.0767. The van der Waals surface area contributed by atoms with Crippen molar-refractivity contribution in [2.45, 2.75) is 20.0 Å². The molecule has 114 valence electrons. The van der Waals surface area contributed by atoms with E-state index in [9.17, 15) is 4.79 Å². The Kier molecular flexibility index (Phi) is 4.27. The van der Waals surface area contributed by atoms with Crippen molar-refractivity contribution in [2.75, 3.05) is 6.61 Å². The Morgan fingerprint density at radius 3 is 2.59 bits per heavy atom. The monoisotopic (exact) mass is 335 g/mol. The smallest absolute Gasteiger partial charge is 0.256 e. The van der Waals surface area contributed by atoms with Gasteiger partial charge >= 0.3 is 0 Å². The van der Waals surface area contributed by atoms with Gasteiger partial charge in [-0.25, -0.2) is 0 Å². The third-order valence-electron chi connectivity index (χ3n) is 3.61. The highest BCUT2D eigenvalue weighted by Crippen LogP contribution is 2.34. The quantitative estimate of drug-likeness (QED) is 0.820. The van der Waals surface area contributed by atoms with Crippen LogP contribution >= 0.6 is 23.2 Å². The van der Waals surface area contributed by atoms with Crippen LogP contribution in [0.4, 0.5) is 0 Å². The molecule has 2 aromatic carbocycles. The van der Waals surface area contributed by atoms with E-state index in [1.807, 2.05) is 37.3 Å². The van der Waals surface area contributed by atoms with Crippen LogP contribution in [0.1, 0.15) is 28.4 Å². The van der Waals surface area contributed by atoms with Gasteiger partial charge < -0.3 is 9.64 Å². The molecular formula is C17H15Cl2NO2. The molecule has 0 unspecified atom stereocenters. The molecule has 0 saturated heterocycles. The van der Waals surface area contributed by atoms with Crippen LogP contribution in [0.15, 0.2) is 36.4 Å². The molecule has 1 amide bonds. The first-order valence-electron chi connectivity index (χ1n) is 7.07. The van der Waals surface area contributed by atoms with Crippen LogP contribution in [0.3, 0.4) is 0 Å². The summed E-state index contributed by atoms with van der Waals surface area (Å²) < 4.78 is 5.48. The number of nitrogens with zero attached hydrogens (tertiary/aromatic N) is 1. The standard InChI is InChI=1S/C17H15Cl2NO2/c1-2-22-14-7-12-10-20(17(21)16(12)15(19)8-14)9-11-3-5-13(18)6-4-11/h3-8H,2,9-10H2,1H3. The van der Waals surface area contributed by atoms with Crippen LogP contribution in [-0.4, -0.2) is 17.4 Å². The van der Waals surface area contributed by atoms with E-state index in [0.29, 0.717) is 41.1 Å². The number of fused-ring (bicyclic) bond motifs is 1. The lowest BCUT2D eigenvalue weighted by atomic mass is 10.1. The van der Waals surface area contributed by atoms with Gasteiger partial charge in [-0.15, -0.1) is 0 Å². The number of halogens is 2. The van der Waals surface area contributed by atoms with E-state index in [1.165, 1.54) is 0 Å². The summed E-state index contributed by atoms with van der Waals surface area (Å²) in [5.74, 6) is 0.658. The fraction of sp³-hybridized carbons (Fsp3) is 0.235. The van der Waals surface area contributed by atoms with Gasteiger partial charge in [-0.05, 0) is 42.3 Å². The third kappa shape index (κ3) is 2.92. The van der Waals surface area contributed by atoms with E-state index in [1.54, 1.807) is 11.0 Å². The topological polar surface area (TPSA) is 29.5 Å². The van der Waals surface area contributed by atoms with Crippen molar-refractivity contribution in [3.63, 3.8) is 0 Å². The van der Waals surface area contributed by atoms with E-state index in [2.05, 4.69) is 0 Å². The maximum absolute atomic E-state index is 12.5. The van der Waals surface area contributed by atoms with E-state index in [4.69, 9.17) is 27.9 Å². The minimum atomic E-state index is -0.0435. The molecule has 5 heteroatoms. The first-order chi connectivity index (χ1) is 10.6. The molecule has 0 atom stereocenters. The largest absolute Gasteiger partial charge is 0.494 e. The number of ether oxygens (including phenoxy) is 1. The van der Waals surface area contributed by atoms with E-state index >= 15 is 0 Å². The highest BCUT2D eigenvalue weighted by Gasteiger charge is 2.30. The number of benzene rings is 2. The molecule has 0 N–H and O–H groups in total. The second kappa shape index (κ2) is 6.19. The maximum atomic E-state index is 12.5. The molecule has 0 bridgehead atoms. The number of hydrogen-bond donors (Lipinski definition) is 0. The Bertz CT molecular complexity index is 713. The zero-order valence-corrected chi connectivity index (χ0v) is 13.6. The number of carbonyl (C=O) groups is 1. The normalized spacial score (nSPS) is 13.4. The van der Waals surface area contributed by atoms with Gasteiger partial charge in [0.2, 0.25) is 0 Å². The fourth-order valence-corrected chi connectivity index (χ4v) is 3.06. The molecule has 3 rings (SSSR count). The summed E-state index contributed by atoms with van der Waals surface area (Å²) in [5, 5.41) is 1.13. The third-order valence-corrected chi connectivity index (χ3v) is 4.16. The minimum absolute atomic E-state index is 0.0435. The van der Waals surface area contributed by atoms with Gasteiger partial charge in [0, 0.05) is 18.1 Å². The molecule has 1 heterocycles. The molecule has 22 heavy (non-hydrogen) atoms. The molecule has 3 nitrogen and oxygen atoms in total. The molecule has 0 spiro atoms. The fourth-order valence-electron chi connectivity index (χ4n) is 2.62. The number of hydrogen-bond acceptors (Lipinski definition) is 2. The Hall–Kier alpha value is -1.71. The molecule has 2 aromatic rings. The first kappa shape index (κ1) is 15.2. The van der Waals surface area contributed by atoms with Gasteiger partial charge in [-0.2, -0.15) is 0 Å². The number of carbonyl (C=O) groups excluding carboxylic acids is 1. The summed E-state index contributed by atoms with van der Waals surface area (Å²) in [6.07, 6.45) is 0. The molecule has 1 aliphatic rings. The predicted molar refractivity (Wildman–Crippen MR) is 87.7 cm³/mol. The van der Waals surface area contributed by atoms with Crippen molar-refractivity contribution < 1.29 is 9.53 Å². The van der Waals surface area contributed by atoms with Crippen LogP contribution in [0.25, 0.3) is 0 Å². The Labute approximate surface area is 139 Å². The van der Waals surface area contributed by atoms with Crippen LogP contribution < -0.4 is 4.74 Å². The van der Waals surface area contributed by atoms with Crippen LogP contribution in [0.5, 0.6) is 5.75 Å². The van der Waals surface area contributed by atoms with Gasteiger partial charge in [0.25, 0.3) is 5.91 Å². The zero-order valence-electron chi connectivity index (χ0n) is 12.1. The first-order valence-corrected chi connectivity index (χ1v) is 7.83. The van der Waals surface area contributed by atoms with Gasteiger partial charge in [-0.3, -0.25) is 4.79 Å². The Balaban J connectivity index is 1.84. The van der Waals surface area contributed by atoms with Gasteiger partial charge in [0.15, 0.2) is 0 Å². The van der Waals surface area contributed by atoms with E-state index < -0.39 is 0 Å². The van der Waals surface area contributed by atoms with E-state index in [0.717, 1.165) is 11.1 Å². The summed E-state index contributed by atoms with van der Waals surface area (Å²) >= 11 is 12.1. The van der Waals surface area contributed by atoms with E-state index in [-0.39, 0.29) is 5.91 Å². The average Bonchev–Trinajstić information content (AvgIpc) is 2.78. The highest BCUT2D eigenvalue weighted by atomic mass is 35.5. The second-order valence-corrected chi connectivity index (χ2v) is 6.00. The second-order valence-electron chi connectivity index (χ2n) is 5.16. The lowest BCUT2D eigenvalue weighted by Gasteiger charge is -2.15. The van der Waals surface area contributed by atoms with Gasteiger partial charge in [-0.1, -0.05) is 35.3 Å². The summed E-state index contributed by atoms with van der Waals surface area (Å²) in [6.45, 7) is 3.55. The van der Waals surface area contributed by atoms with Crippen LogP contribution in [-0.2, 0) is 13.1 Å². The summed E-state index contributed by atoms with van der Waals surface area (Å²) in [5.41, 5.74) is 2.53. The van der Waals surface area contributed by atoms with Crippen molar-refractivity contribution >= 4 is 29.1 Å². The minimum Gasteiger partial charge on any atom is -0.494 e. The number of amides is 1. The maximum Gasteiger partial charge on any atom is 0.256 e. The Morgan fingerprint density at radius 2 is 1.91 bits per heavy atom. The van der Waals surface area contributed by atoms with Crippen LogP contribution in [0, 0.1) is 0 Å². The summed E-state index contributed by atoms with van der Waals surface area (Å²) in [7, 11) is 0. The summed E-state index contributed by atoms with van der Waals surface area (Å²) in [4.78, 5) is 14.3. The average molecular weight is 336 g/mol. The lowest BCUT2D eigenvalue weighted by Crippen LogP contribution is -2.23. The van der Waals surface area contributed by atoms with Crippen molar-refractivity contribution in [1.82, 2.24) is 4.90 Å². The Morgan fingerprint density at radius 1 is 1.18 bits per heavy atom. The van der Waals surface area contributed by atoms with Crippen molar-refractivity contribution in [2.24, 2.45) is 0 Å². The molecule has 1 aliphatic heterocycles. The van der Waals surface area contributed by atoms with Crippen molar-refractivity contribution in [3.8, 4) is 5.75 Å². The molecule has 0 saturated carbocycles. The predicted octanol–water partition coefficient (Wildman–Crippen LogP) is 4.55. The number of rotatable bonds is 4. The van der Waals surface area contributed by atoms with Crippen molar-refractivity contribution in [3.05, 3.63) is 63.1 Å². The van der Waals surface area contributed by atoms with Gasteiger partial charge in [0.05, 0.1) is 17.2 Å². The molecular weight excluding hydrogens is 321 g/mol. The highest BCUT2D eigenvalue weighted by molar-refractivity contribution is 6.34.